The molecule has 1 aliphatic rings. The lowest BCUT2D eigenvalue weighted by Crippen LogP contribution is -2.43. The highest BCUT2D eigenvalue weighted by molar-refractivity contribution is 6.30. The zero-order chi connectivity index (χ0) is 13.7. The van der Waals surface area contributed by atoms with Crippen molar-refractivity contribution in [3.63, 3.8) is 0 Å². The number of halogens is 1. The number of aliphatic hydroxyl groups excluding tert-OH is 1. The molecule has 2 rings (SSSR count). The number of benzene rings is 1. The van der Waals surface area contributed by atoms with Crippen LogP contribution in [0.5, 0.6) is 5.75 Å². The van der Waals surface area contributed by atoms with Gasteiger partial charge < -0.3 is 9.84 Å². The number of ether oxygens (including phenoxy) is 1. The molecule has 3 nitrogen and oxygen atoms in total. The van der Waals surface area contributed by atoms with E-state index in [2.05, 4.69) is 11.8 Å². The summed E-state index contributed by atoms with van der Waals surface area (Å²) in [4.78, 5) is 2.35. The Morgan fingerprint density at radius 1 is 1.37 bits per heavy atom. The van der Waals surface area contributed by atoms with Crippen LogP contribution in [-0.2, 0) is 0 Å². The molecule has 1 aromatic carbocycles. The summed E-state index contributed by atoms with van der Waals surface area (Å²) >= 11 is 5.81. The molecule has 1 aliphatic heterocycles. The van der Waals surface area contributed by atoms with Gasteiger partial charge in [-0.2, -0.15) is 0 Å². The van der Waals surface area contributed by atoms with Crippen molar-refractivity contribution in [2.75, 3.05) is 19.7 Å². The SMILES string of the molecule is C[C@H]1CCCCN1C[C@@H](O)COc1ccc(Cl)cc1. The Hall–Kier alpha value is -0.770. The number of aliphatic hydroxyl groups is 1. The van der Waals surface area contributed by atoms with E-state index >= 15 is 0 Å². The third-order valence-corrected chi connectivity index (χ3v) is 3.89. The fraction of sp³-hybridized carbons (Fsp3) is 0.600. The van der Waals surface area contributed by atoms with E-state index in [1.54, 1.807) is 12.1 Å². The van der Waals surface area contributed by atoms with E-state index in [1.165, 1.54) is 19.3 Å². The molecular weight excluding hydrogens is 262 g/mol. The average molecular weight is 284 g/mol. The van der Waals surface area contributed by atoms with Crippen LogP contribution in [0.25, 0.3) is 0 Å². The summed E-state index contributed by atoms with van der Waals surface area (Å²) < 4.78 is 5.56. The molecule has 4 heteroatoms. The standard InChI is InChI=1S/C15H22ClNO2/c1-12-4-2-3-9-17(12)10-14(18)11-19-15-7-5-13(16)6-8-15/h5-8,12,14,18H,2-4,9-11H2,1H3/t12-,14+/m0/s1. The van der Waals surface area contributed by atoms with Crippen LogP contribution >= 0.6 is 11.6 Å². The van der Waals surface area contributed by atoms with Crippen molar-refractivity contribution in [1.29, 1.82) is 0 Å². The largest absolute Gasteiger partial charge is 0.491 e. The second-order valence-electron chi connectivity index (χ2n) is 5.26. The fourth-order valence-electron chi connectivity index (χ4n) is 2.48. The highest BCUT2D eigenvalue weighted by Crippen LogP contribution is 2.18. The molecule has 0 amide bonds. The Balaban J connectivity index is 1.74. The smallest absolute Gasteiger partial charge is 0.119 e. The Labute approximate surface area is 120 Å². The number of rotatable bonds is 5. The van der Waals surface area contributed by atoms with E-state index in [-0.39, 0.29) is 0 Å². The molecule has 1 fully saturated rings. The van der Waals surface area contributed by atoms with Gasteiger partial charge in [-0.05, 0) is 50.6 Å². The highest BCUT2D eigenvalue weighted by Gasteiger charge is 2.20. The Morgan fingerprint density at radius 3 is 2.79 bits per heavy atom. The molecule has 106 valence electrons. The first-order valence-electron chi connectivity index (χ1n) is 6.95. The first-order valence-corrected chi connectivity index (χ1v) is 7.33. The van der Waals surface area contributed by atoms with Gasteiger partial charge in [-0.3, -0.25) is 4.90 Å². The summed E-state index contributed by atoms with van der Waals surface area (Å²) in [6.07, 6.45) is 3.31. The van der Waals surface area contributed by atoms with Crippen LogP contribution < -0.4 is 4.74 Å². The van der Waals surface area contributed by atoms with Crippen LogP contribution in [0.1, 0.15) is 26.2 Å². The summed E-state index contributed by atoms with van der Waals surface area (Å²) in [5.41, 5.74) is 0. The maximum atomic E-state index is 10.0. The van der Waals surface area contributed by atoms with Gasteiger partial charge in [-0.15, -0.1) is 0 Å². The number of hydrogen-bond acceptors (Lipinski definition) is 3. The second-order valence-corrected chi connectivity index (χ2v) is 5.69. The van der Waals surface area contributed by atoms with E-state index in [0.29, 0.717) is 24.2 Å². The van der Waals surface area contributed by atoms with Gasteiger partial charge in [0.2, 0.25) is 0 Å². The van der Waals surface area contributed by atoms with Crippen LogP contribution in [0.15, 0.2) is 24.3 Å². The lowest BCUT2D eigenvalue weighted by molar-refractivity contribution is 0.0438. The van der Waals surface area contributed by atoms with Crippen molar-refractivity contribution < 1.29 is 9.84 Å². The number of piperidine rings is 1. The Morgan fingerprint density at radius 2 is 2.11 bits per heavy atom. The molecule has 0 radical (unpaired) electrons. The van der Waals surface area contributed by atoms with E-state index in [1.807, 2.05) is 12.1 Å². The van der Waals surface area contributed by atoms with E-state index < -0.39 is 6.10 Å². The summed E-state index contributed by atoms with van der Waals surface area (Å²) in [6, 6.07) is 7.78. The van der Waals surface area contributed by atoms with E-state index in [9.17, 15) is 5.11 Å². The molecule has 0 spiro atoms. The summed E-state index contributed by atoms with van der Waals surface area (Å²) in [6.45, 7) is 4.32. The van der Waals surface area contributed by atoms with E-state index in [0.717, 1.165) is 12.3 Å². The fourth-order valence-corrected chi connectivity index (χ4v) is 2.60. The zero-order valence-electron chi connectivity index (χ0n) is 11.4. The van der Waals surface area contributed by atoms with Crippen LogP contribution in [-0.4, -0.2) is 41.8 Å². The minimum absolute atomic E-state index is 0.324. The lowest BCUT2D eigenvalue weighted by Gasteiger charge is -2.34. The van der Waals surface area contributed by atoms with Gasteiger partial charge in [0, 0.05) is 17.6 Å². The van der Waals surface area contributed by atoms with Crippen molar-refractivity contribution in [2.24, 2.45) is 0 Å². The van der Waals surface area contributed by atoms with Gasteiger partial charge in [0.25, 0.3) is 0 Å². The quantitative estimate of drug-likeness (QED) is 0.902. The minimum atomic E-state index is -0.448. The van der Waals surface area contributed by atoms with Crippen molar-refractivity contribution in [3.05, 3.63) is 29.3 Å². The molecule has 19 heavy (non-hydrogen) atoms. The lowest BCUT2D eigenvalue weighted by atomic mass is 10.0. The molecule has 0 saturated carbocycles. The zero-order valence-corrected chi connectivity index (χ0v) is 12.1. The number of likely N-dealkylation sites (tertiary alicyclic amines) is 1. The molecule has 2 atom stereocenters. The molecule has 1 saturated heterocycles. The maximum absolute atomic E-state index is 10.0. The Kier molecular flexibility index (Phi) is 5.49. The molecular formula is C15H22ClNO2. The van der Waals surface area contributed by atoms with E-state index in [4.69, 9.17) is 16.3 Å². The summed E-state index contributed by atoms with van der Waals surface area (Å²) in [7, 11) is 0. The van der Waals surface area contributed by atoms with Gasteiger partial charge in [-0.1, -0.05) is 18.0 Å². The van der Waals surface area contributed by atoms with Gasteiger partial charge >= 0.3 is 0 Å². The normalized spacial score (nSPS) is 22.2. The minimum Gasteiger partial charge on any atom is -0.491 e. The molecule has 0 aromatic heterocycles. The summed E-state index contributed by atoms with van der Waals surface area (Å²) in [5.74, 6) is 0.746. The molecule has 1 heterocycles. The average Bonchev–Trinajstić information content (AvgIpc) is 2.41. The third kappa shape index (κ3) is 4.68. The van der Waals surface area contributed by atoms with Crippen LogP contribution in [0.2, 0.25) is 5.02 Å². The molecule has 0 aliphatic carbocycles. The van der Waals surface area contributed by atoms with Crippen molar-refractivity contribution in [2.45, 2.75) is 38.3 Å². The van der Waals surface area contributed by atoms with Crippen LogP contribution in [0.3, 0.4) is 0 Å². The van der Waals surface area contributed by atoms with Gasteiger partial charge in [-0.25, -0.2) is 0 Å². The predicted octanol–water partition coefficient (Wildman–Crippen LogP) is 2.95. The van der Waals surface area contributed by atoms with Crippen LogP contribution in [0.4, 0.5) is 0 Å². The Bertz CT molecular complexity index is 382. The second kappa shape index (κ2) is 7.13. The third-order valence-electron chi connectivity index (χ3n) is 3.64. The molecule has 0 bridgehead atoms. The topological polar surface area (TPSA) is 32.7 Å². The monoisotopic (exact) mass is 283 g/mol. The van der Waals surface area contributed by atoms with Gasteiger partial charge in [0.15, 0.2) is 0 Å². The van der Waals surface area contributed by atoms with Crippen LogP contribution in [0, 0.1) is 0 Å². The summed E-state index contributed by atoms with van der Waals surface area (Å²) in [5, 5.41) is 10.7. The van der Waals surface area contributed by atoms with Gasteiger partial charge in [0.1, 0.15) is 18.5 Å². The molecule has 0 unspecified atom stereocenters. The number of hydrogen-bond donors (Lipinski definition) is 1. The predicted molar refractivity (Wildman–Crippen MR) is 77.8 cm³/mol. The molecule has 1 N–H and O–H groups in total. The maximum Gasteiger partial charge on any atom is 0.119 e. The van der Waals surface area contributed by atoms with Crippen molar-refractivity contribution in [1.82, 2.24) is 4.90 Å². The number of β-amino-alcohol motifs (C(OH)–C–C–N with tert-alkyl or cyclic N) is 1. The van der Waals surface area contributed by atoms with Crippen molar-refractivity contribution >= 4 is 11.6 Å². The first-order chi connectivity index (χ1) is 9.15. The van der Waals surface area contributed by atoms with Crippen molar-refractivity contribution in [3.8, 4) is 5.75 Å². The first kappa shape index (κ1) is 14.6. The number of nitrogens with zero attached hydrogens (tertiary/aromatic N) is 1. The molecule has 1 aromatic rings. The highest BCUT2D eigenvalue weighted by atomic mass is 35.5. The van der Waals surface area contributed by atoms with Gasteiger partial charge in [0.05, 0.1) is 0 Å².